The third-order valence-electron chi connectivity index (χ3n) is 13.4. The number of nitrogens with zero attached hydrogens (tertiary/aromatic N) is 2. The molecule has 3 aliphatic heterocycles. The number of aliphatic hydroxyl groups is 3. The Labute approximate surface area is 372 Å². The van der Waals surface area contributed by atoms with E-state index in [0.717, 1.165) is 5.57 Å². The zero-order valence-electron chi connectivity index (χ0n) is 39.1. The Hall–Kier alpha value is -2.72. The minimum absolute atomic E-state index is 0. The maximum atomic E-state index is 14.5. The van der Waals surface area contributed by atoms with Gasteiger partial charge in [0.05, 0.1) is 36.2 Å². The number of ketones is 1. The lowest BCUT2D eigenvalue weighted by molar-refractivity contribution is -0.302. The average Bonchev–Trinajstić information content (AvgIpc) is 3.22. The summed E-state index contributed by atoms with van der Waals surface area (Å²) >= 11 is 0. The molecule has 4 rings (SSSR count). The van der Waals surface area contributed by atoms with Crippen molar-refractivity contribution in [2.75, 3.05) is 27.9 Å². The number of cyclic esters (lactones) is 1. The number of amides is 1. The van der Waals surface area contributed by atoms with Crippen LogP contribution in [0.3, 0.4) is 0 Å². The van der Waals surface area contributed by atoms with Gasteiger partial charge in [0, 0.05) is 52.0 Å². The second-order valence-corrected chi connectivity index (χ2v) is 19.5. The molecule has 2 bridgehead atoms. The third kappa shape index (κ3) is 13.4. The van der Waals surface area contributed by atoms with E-state index in [2.05, 4.69) is 32.0 Å². The van der Waals surface area contributed by atoms with Crippen LogP contribution in [0.2, 0.25) is 0 Å². The Morgan fingerprint density at radius 2 is 1.58 bits per heavy atom. The number of hydrogen-bond donors (Lipinski definition) is 3. The summed E-state index contributed by atoms with van der Waals surface area (Å²) in [6.07, 6.45) is 4.81. The maximum absolute atomic E-state index is 14.5. The van der Waals surface area contributed by atoms with Crippen molar-refractivity contribution in [2.24, 2.45) is 34.7 Å². The fourth-order valence-electron chi connectivity index (χ4n) is 9.71. The molecule has 1 saturated carbocycles. The van der Waals surface area contributed by atoms with Gasteiger partial charge in [0.1, 0.15) is 23.9 Å². The van der Waals surface area contributed by atoms with E-state index in [1.54, 1.807) is 28.3 Å². The Morgan fingerprint density at radius 3 is 2.19 bits per heavy atom. The molecule has 0 unspecified atom stereocenters. The summed E-state index contributed by atoms with van der Waals surface area (Å²) in [5.41, 5.74) is 1.88. The highest BCUT2D eigenvalue weighted by atomic mass is 16.7. The van der Waals surface area contributed by atoms with Crippen LogP contribution >= 0.6 is 0 Å². The monoisotopic (exact) mass is 879 g/mol. The highest BCUT2D eigenvalue weighted by molar-refractivity contribution is 6.39. The standard InChI is InChI=1S/C47H78N2O12.CH4/c1-13-33-21-27(2)20-28(3)22-39(57-11)42-40(58-12)24-30(5)47(55,60-42)43(52)44(53)49-19-15-14-16-35(49)45(54)59-41(29(4)23-32-17-18-36(50)38(25-32)56-10)31(6)37(51)26-34(33)48-61-46(7,8)9;/h21,23,28,30-33,35-42,50-51,55H,13-20,22,24-26H2,1-12H3;1H4/b27-21+,29-23+,48-34-;/t28-,30+,31+,32-,33+,35-,36+,37-,38+,39-,40-,41+,42+,47+;/m0./s1. The van der Waals surface area contributed by atoms with E-state index in [1.807, 2.05) is 40.7 Å². The second kappa shape index (κ2) is 23.5. The molecule has 0 radical (unpaired) electrons. The van der Waals surface area contributed by atoms with Gasteiger partial charge in [0.2, 0.25) is 5.79 Å². The fourth-order valence-corrected chi connectivity index (χ4v) is 9.71. The molecule has 14 atom stereocenters. The summed E-state index contributed by atoms with van der Waals surface area (Å²) in [5.74, 6) is -6.93. The van der Waals surface area contributed by atoms with Gasteiger partial charge in [-0.1, -0.05) is 58.0 Å². The first-order chi connectivity index (χ1) is 28.7. The van der Waals surface area contributed by atoms with Crippen LogP contribution in [0.15, 0.2) is 28.5 Å². The number of oxime groups is 1. The number of allylic oxidation sites excluding steroid dienone is 3. The molecule has 0 spiro atoms. The number of Topliss-reactive ketones (excluding diaryl/α,β-unsaturated/α-hetero) is 1. The van der Waals surface area contributed by atoms with Crippen LogP contribution in [0.5, 0.6) is 0 Å². The molecule has 3 heterocycles. The minimum atomic E-state index is -2.50. The zero-order valence-corrected chi connectivity index (χ0v) is 39.1. The molecule has 0 aromatic heterocycles. The highest BCUT2D eigenvalue weighted by Gasteiger charge is 2.56. The molecule has 3 fully saturated rings. The van der Waals surface area contributed by atoms with Gasteiger partial charge in [-0.3, -0.25) is 9.59 Å². The number of fused-ring (bicyclic) bond motifs is 3. The van der Waals surface area contributed by atoms with Crippen molar-refractivity contribution in [2.45, 2.75) is 201 Å². The van der Waals surface area contributed by atoms with Crippen LogP contribution < -0.4 is 0 Å². The molecule has 4 aliphatic rings. The summed E-state index contributed by atoms with van der Waals surface area (Å²) in [6, 6.07) is -1.12. The fraction of sp³-hybridized carbons (Fsp3) is 0.833. The van der Waals surface area contributed by atoms with Crippen molar-refractivity contribution in [3.05, 3.63) is 23.3 Å². The van der Waals surface area contributed by atoms with E-state index in [0.29, 0.717) is 62.7 Å². The van der Waals surface area contributed by atoms with E-state index in [1.165, 1.54) is 4.90 Å². The molecule has 356 valence electrons. The van der Waals surface area contributed by atoms with Crippen molar-refractivity contribution >= 4 is 23.4 Å². The minimum Gasteiger partial charge on any atom is -0.456 e. The number of carbonyl (C=O) groups is 3. The Balaban J connectivity index is 0.0000102. The predicted molar refractivity (Wildman–Crippen MR) is 238 cm³/mol. The first kappa shape index (κ1) is 53.6. The van der Waals surface area contributed by atoms with Gasteiger partial charge in [-0.15, -0.1) is 0 Å². The van der Waals surface area contributed by atoms with Gasteiger partial charge in [0.25, 0.3) is 11.7 Å². The summed E-state index contributed by atoms with van der Waals surface area (Å²) < 4.78 is 30.2. The molecule has 14 heteroatoms. The van der Waals surface area contributed by atoms with Gasteiger partial charge in [-0.2, -0.15) is 0 Å². The largest absolute Gasteiger partial charge is 0.456 e. The van der Waals surface area contributed by atoms with Crippen molar-refractivity contribution < 1.29 is 58.2 Å². The molecular weight excluding hydrogens is 797 g/mol. The molecule has 14 nitrogen and oxygen atoms in total. The van der Waals surface area contributed by atoms with Gasteiger partial charge in [0.15, 0.2) is 0 Å². The molecule has 62 heavy (non-hydrogen) atoms. The summed E-state index contributed by atoms with van der Waals surface area (Å²) in [4.78, 5) is 50.4. The van der Waals surface area contributed by atoms with Gasteiger partial charge >= 0.3 is 5.97 Å². The van der Waals surface area contributed by atoms with E-state index in [-0.39, 0.29) is 57.1 Å². The number of piperidine rings is 1. The number of ether oxygens (including phenoxy) is 5. The van der Waals surface area contributed by atoms with E-state index in [4.69, 9.17) is 28.5 Å². The summed E-state index contributed by atoms with van der Waals surface area (Å²) in [5, 5.41) is 39.5. The average molecular weight is 879 g/mol. The zero-order chi connectivity index (χ0) is 45.4. The molecule has 1 aliphatic carbocycles. The van der Waals surface area contributed by atoms with Crippen molar-refractivity contribution in [3.8, 4) is 0 Å². The van der Waals surface area contributed by atoms with Gasteiger partial charge < -0.3 is 48.7 Å². The lowest BCUT2D eigenvalue weighted by Crippen LogP contribution is -2.64. The lowest BCUT2D eigenvalue weighted by Gasteiger charge is -2.47. The quantitative estimate of drug-likeness (QED) is 0.107. The van der Waals surface area contributed by atoms with Crippen LogP contribution in [0, 0.1) is 29.6 Å². The molecule has 2 saturated heterocycles. The smallest absolute Gasteiger partial charge is 0.329 e. The Morgan fingerprint density at radius 1 is 0.935 bits per heavy atom. The SMILES string of the molecule is C.CC[C@@H]1/C=C(\C)C[C@H](C)C[C@H](OC)[C@H]2O[C@@](O)(C(=O)C(=O)N3CCCC[C@H]3C(=O)O[C@H](/C(C)=C/[C@@H]3CC[C@@H](O)[C@H](OC)C3)[C@H](C)[C@@H](O)C/C1=N/OC(C)(C)C)[C@H](C)C[C@@H]2OC. The molecule has 3 N–H and O–H groups in total. The lowest BCUT2D eigenvalue weighted by atomic mass is 9.81. The topological polar surface area (TPSA) is 183 Å². The first-order valence-corrected chi connectivity index (χ1v) is 22.7. The number of aliphatic hydroxyl groups excluding tert-OH is 2. The maximum Gasteiger partial charge on any atom is 0.329 e. The van der Waals surface area contributed by atoms with Crippen molar-refractivity contribution in [1.29, 1.82) is 0 Å². The van der Waals surface area contributed by atoms with Crippen LogP contribution in [-0.2, 0) is 42.9 Å². The van der Waals surface area contributed by atoms with Gasteiger partial charge in [-0.25, -0.2) is 4.79 Å². The Kier molecular flexibility index (Phi) is 20.3. The van der Waals surface area contributed by atoms with Crippen LogP contribution in [-0.4, -0.2) is 132 Å². The van der Waals surface area contributed by atoms with E-state index in [9.17, 15) is 29.7 Å². The van der Waals surface area contributed by atoms with Crippen LogP contribution in [0.25, 0.3) is 0 Å². The van der Waals surface area contributed by atoms with Crippen molar-refractivity contribution in [3.63, 3.8) is 0 Å². The predicted octanol–water partition coefficient (Wildman–Crippen LogP) is 6.71. The number of carbonyl (C=O) groups excluding carboxylic acids is 3. The van der Waals surface area contributed by atoms with Crippen molar-refractivity contribution in [1.82, 2.24) is 4.90 Å². The van der Waals surface area contributed by atoms with Crippen LogP contribution in [0.4, 0.5) is 0 Å². The molecule has 1 amide bonds. The summed E-state index contributed by atoms with van der Waals surface area (Å²) in [7, 11) is 4.69. The van der Waals surface area contributed by atoms with Crippen LogP contribution in [0.1, 0.15) is 140 Å². The first-order valence-electron chi connectivity index (χ1n) is 22.7. The Bertz CT molecular complexity index is 1570. The molecule has 0 aromatic rings. The van der Waals surface area contributed by atoms with E-state index >= 15 is 0 Å². The highest BCUT2D eigenvalue weighted by Crippen LogP contribution is 2.39. The van der Waals surface area contributed by atoms with Gasteiger partial charge in [-0.05, 0) is 116 Å². The number of hydrogen-bond acceptors (Lipinski definition) is 13. The third-order valence-corrected chi connectivity index (χ3v) is 13.4. The second-order valence-electron chi connectivity index (χ2n) is 19.5. The molecular formula is C48H82N2O12. The number of esters is 1. The normalized spacial score (nSPS) is 39.4. The number of methoxy groups -OCH3 is 3. The molecule has 0 aromatic carbocycles. The number of rotatable bonds is 7. The van der Waals surface area contributed by atoms with E-state index < -0.39 is 83.5 Å². The summed E-state index contributed by atoms with van der Waals surface area (Å²) in [6.45, 7) is 17.5.